The Bertz CT molecular complexity index is 599. The molecule has 0 atom stereocenters. The van der Waals surface area contributed by atoms with Gasteiger partial charge in [-0.2, -0.15) is 0 Å². The lowest BCUT2D eigenvalue weighted by Gasteiger charge is -2.10. The van der Waals surface area contributed by atoms with Crippen LogP contribution < -0.4 is 15.8 Å². The van der Waals surface area contributed by atoms with Crippen molar-refractivity contribution < 1.29 is 4.74 Å². The molecule has 0 aliphatic heterocycles. The van der Waals surface area contributed by atoms with Crippen molar-refractivity contribution in [3.8, 4) is 5.75 Å². The van der Waals surface area contributed by atoms with Crippen molar-refractivity contribution in [2.45, 2.75) is 26.2 Å². The molecule has 1 heterocycles. The number of methoxy groups -OCH3 is 1. The molecular formula is C16H22N4O. The fourth-order valence-electron chi connectivity index (χ4n) is 2.00. The predicted molar refractivity (Wildman–Crippen MR) is 85.7 cm³/mol. The zero-order valence-corrected chi connectivity index (χ0v) is 12.8. The van der Waals surface area contributed by atoms with Gasteiger partial charge in [-0.05, 0) is 24.1 Å². The van der Waals surface area contributed by atoms with Crippen molar-refractivity contribution in [3.63, 3.8) is 0 Å². The van der Waals surface area contributed by atoms with Crippen molar-refractivity contribution in [3.05, 3.63) is 41.7 Å². The molecule has 112 valence electrons. The second-order valence-electron chi connectivity index (χ2n) is 5.22. The number of benzene rings is 1. The Labute approximate surface area is 125 Å². The Morgan fingerprint density at radius 1 is 1.24 bits per heavy atom. The standard InChI is InChI=1S/C16H22N4O/c1-11(2)16-19-14(17)10-15(20-16)18-8-7-12-5-4-6-13(9-12)21-3/h4-6,9-11H,7-8H2,1-3H3,(H3,17,18,19,20). The van der Waals surface area contributed by atoms with Gasteiger partial charge < -0.3 is 15.8 Å². The summed E-state index contributed by atoms with van der Waals surface area (Å²) in [5.41, 5.74) is 7.03. The molecule has 0 amide bonds. The highest BCUT2D eigenvalue weighted by Crippen LogP contribution is 2.16. The number of anilines is 2. The molecule has 0 fully saturated rings. The van der Waals surface area contributed by atoms with Crippen LogP contribution >= 0.6 is 0 Å². The van der Waals surface area contributed by atoms with E-state index in [1.165, 1.54) is 5.56 Å². The molecular weight excluding hydrogens is 264 g/mol. The van der Waals surface area contributed by atoms with Crippen LogP contribution in [0.25, 0.3) is 0 Å². The predicted octanol–water partition coefficient (Wildman–Crippen LogP) is 2.85. The molecule has 2 rings (SSSR count). The van der Waals surface area contributed by atoms with Crippen LogP contribution in [0.1, 0.15) is 31.2 Å². The summed E-state index contributed by atoms with van der Waals surface area (Å²) in [5, 5.41) is 3.29. The first-order chi connectivity index (χ1) is 10.1. The van der Waals surface area contributed by atoms with Gasteiger partial charge in [0.2, 0.25) is 0 Å². The minimum atomic E-state index is 0.257. The molecule has 0 bridgehead atoms. The van der Waals surface area contributed by atoms with Crippen LogP contribution in [0.3, 0.4) is 0 Å². The smallest absolute Gasteiger partial charge is 0.135 e. The Kier molecular flexibility index (Phi) is 4.98. The molecule has 0 spiro atoms. The first kappa shape index (κ1) is 15.1. The molecule has 2 aromatic rings. The van der Waals surface area contributed by atoms with Crippen LogP contribution in [0.4, 0.5) is 11.6 Å². The normalized spacial score (nSPS) is 10.7. The van der Waals surface area contributed by atoms with Crippen LogP contribution in [-0.2, 0) is 6.42 Å². The second-order valence-corrected chi connectivity index (χ2v) is 5.22. The number of nitrogens with two attached hydrogens (primary N) is 1. The molecule has 0 aliphatic carbocycles. The zero-order chi connectivity index (χ0) is 15.2. The first-order valence-electron chi connectivity index (χ1n) is 7.09. The second kappa shape index (κ2) is 6.92. The Balaban J connectivity index is 1.96. The molecule has 5 nitrogen and oxygen atoms in total. The van der Waals surface area contributed by atoms with Crippen molar-refractivity contribution in [1.82, 2.24) is 9.97 Å². The van der Waals surface area contributed by atoms with Crippen LogP contribution in [0.15, 0.2) is 30.3 Å². The summed E-state index contributed by atoms with van der Waals surface area (Å²) in [6, 6.07) is 9.82. The number of nitrogens with zero attached hydrogens (tertiary/aromatic N) is 2. The van der Waals surface area contributed by atoms with Gasteiger partial charge in [0.25, 0.3) is 0 Å². The van der Waals surface area contributed by atoms with E-state index in [9.17, 15) is 0 Å². The SMILES string of the molecule is COc1cccc(CCNc2cc(N)nc(C(C)C)n2)c1. The van der Waals surface area contributed by atoms with Gasteiger partial charge in [0.1, 0.15) is 23.2 Å². The highest BCUT2D eigenvalue weighted by atomic mass is 16.5. The minimum absolute atomic E-state index is 0.257. The van der Waals surface area contributed by atoms with E-state index in [1.807, 2.05) is 18.2 Å². The topological polar surface area (TPSA) is 73.1 Å². The van der Waals surface area contributed by atoms with Crippen LogP contribution in [0, 0.1) is 0 Å². The average molecular weight is 286 g/mol. The summed E-state index contributed by atoms with van der Waals surface area (Å²) in [7, 11) is 1.68. The molecule has 1 aromatic carbocycles. The molecule has 5 heteroatoms. The van der Waals surface area contributed by atoms with Gasteiger partial charge in [-0.3, -0.25) is 0 Å². The molecule has 0 saturated carbocycles. The molecule has 0 aliphatic rings. The van der Waals surface area contributed by atoms with E-state index in [2.05, 4.69) is 35.2 Å². The number of ether oxygens (including phenoxy) is 1. The summed E-state index contributed by atoms with van der Waals surface area (Å²) in [6.45, 7) is 4.88. The molecule has 0 radical (unpaired) electrons. The number of aromatic nitrogens is 2. The maximum absolute atomic E-state index is 5.81. The number of hydrogen-bond acceptors (Lipinski definition) is 5. The molecule has 1 aromatic heterocycles. The van der Waals surface area contributed by atoms with E-state index >= 15 is 0 Å². The third-order valence-corrected chi connectivity index (χ3v) is 3.13. The summed E-state index contributed by atoms with van der Waals surface area (Å²) in [4.78, 5) is 8.70. The van der Waals surface area contributed by atoms with Crippen LogP contribution in [0.5, 0.6) is 5.75 Å². The lowest BCUT2D eigenvalue weighted by molar-refractivity contribution is 0.414. The van der Waals surface area contributed by atoms with Crippen LogP contribution in [-0.4, -0.2) is 23.6 Å². The Hall–Kier alpha value is -2.30. The van der Waals surface area contributed by atoms with E-state index in [1.54, 1.807) is 13.2 Å². The van der Waals surface area contributed by atoms with Crippen molar-refractivity contribution >= 4 is 11.6 Å². The fraction of sp³-hybridized carbons (Fsp3) is 0.375. The summed E-state index contributed by atoms with van der Waals surface area (Å²) in [6.07, 6.45) is 0.887. The Morgan fingerprint density at radius 2 is 2.05 bits per heavy atom. The van der Waals surface area contributed by atoms with E-state index in [0.29, 0.717) is 5.82 Å². The van der Waals surface area contributed by atoms with E-state index in [0.717, 1.165) is 30.4 Å². The minimum Gasteiger partial charge on any atom is -0.497 e. The van der Waals surface area contributed by atoms with E-state index < -0.39 is 0 Å². The van der Waals surface area contributed by atoms with Gasteiger partial charge in [0.05, 0.1) is 7.11 Å². The summed E-state index contributed by atoms with van der Waals surface area (Å²) < 4.78 is 5.22. The average Bonchev–Trinajstić information content (AvgIpc) is 2.47. The maximum Gasteiger partial charge on any atom is 0.135 e. The first-order valence-corrected chi connectivity index (χ1v) is 7.09. The van der Waals surface area contributed by atoms with Gasteiger partial charge in [-0.15, -0.1) is 0 Å². The van der Waals surface area contributed by atoms with Crippen molar-refractivity contribution in [2.24, 2.45) is 0 Å². The third-order valence-electron chi connectivity index (χ3n) is 3.13. The van der Waals surface area contributed by atoms with E-state index in [-0.39, 0.29) is 5.92 Å². The summed E-state index contributed by atoms with van der Waals surface area (Å²) >= 11 is 0. The quantitative estimate of drug-likeness (QED) is 0.854. The maximum atomic E-state index is 5.81. The molecule has 0 unspecified atom stereocenters. The monoisotopic (exact) mass is 286 g/mol. The fourth-order valence-corrected chi connectivity index (χ4v) is 2.00. The largest absolute Gasteiger partial charge is 0.497 e. The van der Waals surface area contributed by atoms with Gasteiger partial charge in [-0.1, -0.05) is 26.0 Å². The van der Waals surface area contributed by atoms with Gasteiger partial charge in [0, 0.05) is 18.5 Å². The Morgan fingerprint density at radius 3 is 2.76 bits per heavy atom. The highest BCUT2D eigenvalue weighted by Gasteiger charge is 2.06. The molecule has 21 heavy (non-hydrogen) atoms. The number of rotatable bonds is 6. The number of nitrogen functional groups attached to an aromatic ring is 1. The van der Waals surface area contributed by atoms with Gasteiger partial charge in [-0.25, -0.2) is 9.97 Å². The number of nitrogens with one attached hydrogen (secondary N) is 1. The van der Waals surface area contributed by atoms with Crippen molar-refractivity contribution in [2.75, 3.05) is 24.7 Å². The van der Waals surface area contributed by atoms with Gasteiger partial charge in [0.15, 0.2) is 0 Å². The highest BCUT2D eigenvalue weighted by molar-refractivity contribution is 5.45. The molecule has 3 N–H and O–H groups in total. The lowest BCUT2D eigenvalue weighted by atomic mass is 10.1. The van der Waals surface area contributed by atoms with Gasteiger partial charge >= 0.3 is 0 Å². The lowest BCUT2D eigenvalue weighted by Crippen LogP contribution is -2.10. The van der Waals surface area contributed by atoms with E-state index in [4.69, 9.17) is 10.5 Å². The van der Waals surface area contributed by atoms with Crippen molar-refractivity contribution in [1.29, 1.82) is 0 Å². The third kappa shape index (κ3) is 4.34. The molecule has 0 saturated heterocycles. The zero-order valence-electron chi connectivity index (χ0n) is 12.8. The summed E-state index contributed by atoms with van der Waals surface area (Å²) in [5.74, 6) is 3.17. The number of hydrogen-bond donors (Lipinski definition) is 2. The van der Waals surface area contributed by atoms with Crippen LogP contribution in [0.2, 0.25) is 0 Å².